The van der Waals surface area contributed by atoms with Crippen LogP contribution in [0.4, 0.5) is 0 Å². The Morgan fingerprint density at radius 2 is 1.57 bits per heavy atom. The largest absolute Gasteiger partial charge is 0.305 e. The first-order chi connectivity index (χ1) is 10.3. The van der Waals surface area contributed by atoms with E-state index in [-0.39, 0.29) is 5.78 Å². The van der Waals surface area contributed by atoms with Gasteiger partial charge in [0.1, 0.15) is 5.78 Å². The Morgan fingerprint density at radius 1 is 0.952 bits per heavy atom. The van der Waals surface area contributed by atoms with Crippen molar-refractivity contribution in [1.82, 2.24) is 5.43 Å². The molecule has 0 aromatic heterocycles. The summed E-state index contributed by atoms with van der Waals surface area (Å²) in [6.07, 6.45) is 1.17. The summed E-state index contributed by atoms with van der Waals surface area (Å²) in [5.41, 5.74) is 6.25. The zero-order valence-corrected chi connectivity index (χ0v) is 12.3. The molecular formula is C18H20N2O. The minimum Gasteiger partial charge on any atom is -0.305 e. The molecule has 3 nitrogen and oxygen atoms in total. The number of nitrogens with one attached hydrogen (secondary N) is 1. The van der Waals surface area contributed by atoms with Crippen molar-refractivity contribution in [2.75, 3.05) is 0 Å². The van der Waals surface area contributed by atoms with Crippen molar-refractivity contribution in [3.05, 3.63) is 71.8 Å². The Balaban J connectivity index is 2.04. The number of hydrazone groups is 1. The van der Waals surface area contributed by atoms with Crippen molar-refractivity contribution < 1.29 is 4.79 Å². The lowest BCUT2D eigenvalue weighted by molar-refractivity contribution is -0.116. The van der Waals surface area contributed by atoms with Gasteiger partial charge in [0.2, 0.25) is 0 Å². The van der Waals surface area contributed by atoms with E-state index in [2.05, 4.69) is 22.7 Å². The van der Waals surface area contributed by atoms with Crippen LogP contribution < -0.4 is 5.43 Å². The van der Waals surface area contributed by atoms with Gasteiger partial charge in [0.25, 0.3) is 0 Å². The van der Waals surface area contributed by atoms with Gasteiger partial charge in [-0.25, -0.2) is 0 Å². The highest BCUT2D eigenvalue weighted by molar-refractivity contribution is 6.01. The van der Waals surface area contributed by atoms with Crippen molar-refractivity contribution in [3.8, 4) is 0 Å². The van der Waals surface area contributed by atoms with Gasteiger partial charge in [0.05, 0.1) is 12.3 Å². The third kappa shape index (κ3) is 5.22. The maximum absolute atomic E-state index is 11.2. The Kier molecular flexibility index (Phi) is 5.71. The standard InChI is InChI=1S/C18H20N2O/c1-15(21)12-13-18(17-10-6-3-7-11-17)20-19-14-16-8-4-2-5-9-16/h2-11,19H,12-14H2,1H3/b20-18+. The van der Waals surface area contributed by atoms with Crippen molar-refractivity contribution >= 4 is 11.5 Å². The Bertz CT molecular complexity index is 591. The van der Waals surface area contributed by atoms with Crippen LogP contribution in [0.5, 0.6) is 0 Å². The maximum Gasteiger partial charge on any atom is 0.130 e. The Morgan fingerprint density at radius 3 is 2.19 bits per heavy atom. The summed E-state index contributed by atoms with van der Waals surface area (Å²) in [6, 6.07) is 20.1. The molecule has 3 heteroatoms. The number of hydrogen-bond donors (Lipinski definition) is 1. The lowest BCUT2D eigenvalue weighted by atomic mass is 10.0. The van der Waals surface area contributed by atoms with E-state index in [1.165, 1.54) is 5.56 Å². The minimum atomic E-state index is 0.182. The number of Topliss-reactive ketones (excluding diaryl/α,β-unsaturated/α-hetero) is 1. The van der Waals surface area contributed by atoms with Gasteiger partial charge in [-0.3, -0.25) is 0 Å². The zero-order valence-electron chi connectivity index (χ0n) is 12.3. The highest BCUT2D eigenvalue weighted by atomic mass is 16.1. The van der Waals surface area contributed by atoms with Crippen LogP contribution in [0, 0.1) is 0 Å². The topological polar surface area (TPSA) is 41.5 Å². The van der Waals surface area contributed by atoms with Gasteiger partial charge in [0.15, 0.2) is 0 Å². The predicted molar refractivity (Wildman–Crippen MR) is 86.2 cm³/mol. The summed E-state index contributed by atoms with van der Waals surface area (Å²) in [5, 5.41) is 4.48. The van der Waals surface area contributed by atoms with E-state index < -0.39 is 0 Å². The van der Waals surface area contributed by atoms with E-state index in [1.807, 2.05) is 48.5 Å². The van der Waals surface area contributed by atoms with Crippen LogP contribution in [0.2, 0.25) is 0 Å². The van der Waals surface area contributed by atoms with E-state index >= 15 is 0 Å². The molecule has 0 unspecified atom stereocenters. The highest BCUT2D eigenvalue weighted by Crippen LogP contribution is 2.07. The van der Waals surface area contributed by atoms with Gasteiger partial charge in [-0.1, -0.05) is 60.7 Å². The molecule has 0 saturated heterocycles. The third-order valence-electron chi connectivity index (χ3n) is 3.16. The van der Waals surface area contributed by atoms with E-state index in [9.17, 15) is 4.79 Å². The smallest absolute Gasteiger partial charge is 0.130 e. The monoisotopic (exact) mass is 280 g/mol. The quantitative estimate of drug-likeness (QED) is 0.622. The fraction of sp³-hybridized carbons (Fsp3) is 0.222. The average molecular weight is 280 g/mol. The molecule has 0 aliphatic carbocycles. The molecule has 0 bridgehead atoms. The number of carbonyl (C=O) groups is 1. The molecule has 0 amide bonds. The molecule has 1 N–H and O–H groups in total. The fourth-order valence-corrected chi connectivity index (χ4v) is 2.01. The molecule has 2 rings (SSSR count). The van der Waals surface area contributed by atoms with Crippen LogP contribution in [-0.4, -0.2) is 11.5 Å². The number of ketones is 1. The molecule has 108 valence electrons. The number of nitrogens with zero attached hydrogens (tertiary/aromatic N) is 1. The van der Waals surface area contributed by atoms with Crippen LogP contribution in [0.3, 0.4) is 0 Å². The van der Waals surface area contributed by atoms with E-state index in [0.29, 0.717) is 19.4 Å². The molecule has 0 radical (unpaired) electrons. The molecule has 2 aromatic carbocycles. The van der Waals surface area contributed by atoms with Gasteiger partial charge in [0, 0.05) is 6.42 Å². The van der Waals surface area contributed by atoms with Crippen molar-refractivity contribution in [2.24, 2.45) is 5.10 Å². The SMILES string of the molecule is CC(=O)CC/C(=N\NCc1ccccc1)c1ccccc1. The average Bonchev–Trinajstić information content (AvgIpc) is 2.52. The Labute approximate surface area is 125 Å². The lowest BCUT2D eigenvalue weighted by Gasteiger charge is -2.07. The van der Waals surface area contributed by atoms with Gasteiger partial charge < -0.3 is 10.2 Å². The van der Waals surface area contributed by atoms with Crippen LogP contribution in [0.1, 0.15) is 30.9 Å². The normalized spacial score (nSPS) is 11.2. The van der Waals surface area contributed by atoms with E-state index in [0.717, 1.165) is 11.3 Å². The molecule has 21 heavy (non-hydrogen) atoms. The van der Waals surface area contributed by atoms with Gasteiger partial charge in [-0.05, 0) is 24.5 Å². The Hall–Kier alpha value is -2.42. The van der Waals surface area contributed by atoms with Crippen molar-refractivity contribution in [3.63, 3.8) is 0 Å². The zero-order chi connectivity index (χ0) is 14.9. The van der Waals surface area contributed by atoms with Gasteiger partial charge in [-0.2, -0.15) is 5.10 Å². The van der Waals surface area contributed by atoms with Crippen LogP contribution in [-0.2, 0) is 11.3 Å². The fourth-order valence-electron chi connectivity index (χ4n) is 2.01. The van der Waals surface area contributed by atoms with Crippen molar-refractivity contribution in [1.29, 1.82) is 0 Å². The second-order valence-corrected chi connectivity index (χ2v) is 4.95. The van der Waals surface area contributed by atoms with Crippen LogP contribution in [0.25, 0.3) is 0 Å². The molecule has 0 aliphatic heterocycles. The molecule has 0 saturated carbocycles. The molecular weight excluding hydrogens is 260 g/mol. The summed E-state index contributed by atoms with van der Waals surface area (Å²) in [7, 11) is 0. The summed E-state index contributed by atoms with van der Waals surface area (Å²) in [5.74, 6) is 0.182. The summed E-state index contributed by atoms with van der Waals surface area (Å²) in [6.45, 7) is 2.29. The maximum atomic E-state index is 11.2. The van der Waals surface area contributed by atoms with Gasteiger partial charge in [-0.15, -0.1) is 0 Å². The van der Waals surface area contributed by atoms with E-state index in [1.54, 1.807) is 6.92 Å². The highest BCUT2D eigenvalue weighted by Gasteiger charge is 2.05. The van der Waals surface area contributed by atoms with Crippen LogP contribution >= 0.6 is 0 Å². The molecule has 0 aliphatic rings. The molecule has 2 aromatic rings. The molecule has 0 spiro atoms. The second kappa shape index (κ2) is 8.00. The second-order valence-electron chi connectivity index (χ2n) is 4.95. The molecule has 0 atom stereocenters. The summed E-state index contributed by atoms with van der Waals surface area (Å²) in [4.78, 5) is 11.2. The molecule has 0 fully saturated rings. The predicted octanol–water partition coefficient (Wildman–Crippen LogP) is 3.55. The number of hydrogen-bond acceptors (Lipinski definition) is 3. The van der Waals surface area contributed by atoms with Crippen LogP contribution in [0.15, 0.2) is 65.8 Å². The first-order valence-corrected chi connectivity index (χ1v) is 7.14. The summed E-state index contributed by atoms with van der Waals surface area (Å²) < 4.78 is 0. The first kappa shape index (κ1) is 15.0. The lowest BCUT2D eigenvalue weighted by Crippen LogP contribution is -2.12. The minimum absolute atomic E-state index is 0.182. The molecule has 0 heterocycles. The van der Waals surface area contributed by atoms with Gasteiger partial charge >= 0.3 is 0 Å². The number of carbonyl (C=O) groups excluding carboxylic acids is 1. The third-order valence-corrected chi connectivity index (χ3v) is 3.16. The number of benzene rings is 2. The first-order valence-electron chi connectivity index (χ1n) is 7.14. The van der Waals surface area contributed by atoms with Crippen molar-refractivity contribution in [2.45, 2.75) is 26.3 Å². The summed E-state index contributed by atoms with van der Waals surface area (Å²) >= 11 is 0. The number of rotatable bonds is 7. The van der Waals surface area contributed by atoms with E-state index in [4.69, 9.17) is 0 Å².